The number of carbonyl (C=O) groups excluding carboxylic acids is 1. The van der Waals surface area contributed by atoms with Gasteiger partial charge in [0.1, 0.15) is 5.69 Å². The average molecular weight is 409 g/mol. The highest BCUT2D eigenvalue weighted by Gasteiger charge is 2.46. The second-order valence-corrected chi connectivity index (χ2v) is 8.36. The molecule has 156 valence electrons. The van der Waals surface area contributed by atoms with Crippen molar-refractivity contribution in [2.75, 3.05) is 0 Å². The van der Waals surface area contributed by atoms with Gasteiger partial charge in [-0.05, 0) is 54.9 Å². The molecule has 0 spiro atoms. The summed E-state index contributed by atoms with van der Waals surface area (Å²) in [7, 11) is 0. The third-order valence-electron chi connectivity index (χ3n) is 5.47. The first-order valence-corrected chi connectivity index (χ1v) is 9.72. The number of nitrogens with zero attached hydrogens (tertiary/aromatic N) is 2. The minimum Gasteiger partial charge on any atom is -0.481 e. The van der Waals surface area contributed by atoms with E-state index < -0.39 is 28.4 Å². The Morgan fingerprint density at radius 3 is 2.47 bits per heavy atom. The molecule has 1 saturated carbocycles. The van der Waals surface area contributed by atoms with E-state index in [1.165, 1.54) is 10.6 Å². The Bertz CT molecular complexity index is 1190. The second-order valence-electron chi connectivity index (χ2n) is 8.36. The van der Waals surface area contributed by atoms with Crippen LogP contribution in [-0.2, 0) is 11.3 Å². The highest BCUT2D eigenvalue weighted by atomic mass is 16.4. The fraction of sp³-hybridized carbons (Fsp3) is 0.409. The number of rotatable bonds is 7. The molecule has 8 heteroatoms. The molecule has 0 atom stereocenters. The van der Waals surface area contributed by atoms with E-state index in [1.807, 2.05) is 6.07 Å². The van der Waals surface area contributed by atoms with Gasteiger partial charge in [0.15, 0.2) is 0 Å². The maximum Gasteiger partial charge on any atom is 0.328 e. The fourth-order valence-electron chi connectivity index (χ4n) is 3.86. The molecule has 1 aromatic carbocycles. The van der Waals surface area contributed by atoms with Crippen LogP contribution in [0, 0.1) is 23.7 Å². The summed E-state index contributed by atoms with van der Waals surface area (Å²) < 4.78 is 1.21. The number of carboxylic acid groups (broad SMARTS) is 1. The predicted octanol–water partition coefficient (Wildman–Crippen LogP) is 2.33. The zero-order chi connectivity index (χ0) is 22.2. The smallest absolute Gasteiger partial charge is 0.328 e. The maximum absolute atomic E-state index is 13.5. The van der Waals surface area contributed by atoms with Crippen LogP contribution in [0.4, 0.5) is 0 Å². The van der Waals surface area contributed by atoms with Crippen molar-refractivity contribution in [3.8, 4) is 6.07 Å². The highest BCUT2D eigenvalue weighted by Crippen LogP contribution is 2.50. The van der Waals surface area contributed by atoms with Crippen LogP contribution in [0.1, 0.15) is 71.8 Å². The van der Waals surface area contributed by atoms with E-state index in [0.717, 1.165) is 0 Å². The first kappa shape index (κ1) is 21.2. The summed E-state index contributed by atoms with van der Waals surface area (Å²) in [6, 6.07) is 6.68. The third-order valence-corrected chi connectivity index (χ3v) is 5.47. The normalized spacial score (nSPS) is 14.4. The molecule has 0 aliphatic heterocycles. The summed E-state index contributed by atoms with van der Waals surface area (Å²) in [5.74, 6) is -1.86. The Kier molecular flexibility index (Phi) is 5.49. The zero-order valence-electron chi connectivity index (χ0n) is 17.1. The van der Waals surface area contributed by atoms with E-state index in [1.54, 1.807) is 32.9 Å². The molecule has 0 bridgehead atoms. The number of nitrogens with one attached hydrogen (secondary N) is 1. The SMILES string of the molecule is Cc1cc(C#N)cc(C(=O)c2c(C(C)C)c(=O)[nH]c(=O)n2CC2(CC(=O)O)CC2)c1. The number of carbonyl (C=O) groups is 2. The molecule has 30 heavy (non-hydrogen) atoms. The molecule has 0 saturated heterocycles. The first-order chi connectivity index (χ1) is 14.1. The number of benzene rings is 1. The lowest BCUT2D eigenvalue weighted by molar-refractivity contribution is -0.138. The van der Waals surface area contributed by atoms with Gasteiger partial charge >= 0.3 is 11.7 Å². The van der Waals surface area contributed by atoms with Crippen LogP contribution >= 0.6 is 0 Å². The number of hydrogen-bond acceptors (Lipinski definition) is 5. The van der Waals surface area contributed by atoms with Gasteiger partial charge in [0.2, 0.25) is 5.78 Å². The molecule has 1 aliphatic carbocycles. The highest BCUT2D eigenvalue weighted by molar-refractivity contribution is 6.09. The quantitative estimate of drug-likeness (QED) is 0.674. The molecule has 8 nitrogen and oxygen atoms in total. The lowest BCUT2D eigenvalue weighted by Gasteiger charge is -2.21. The standard InChI is InChI=1S/C22H23N3O5/c1-12(2)17-18(19(28)15-7-13(3)6-14(8-15)10-23)25(21(30)24-20(17)29)11-22(4-5-22)9-16(26)27/h6-8,12H,4-5,9,11H2,1-3H3,(H,26,27)(H,24,29,30). The summed E-state index contributed by atoms with van der Waals surface area (Å²) in [6.07, 6.45) is 1.13. The monoisotopic (exact) mass is 409 g/mol. The molecular weight excluding hydrogens is 386 g/mol. The summed E-state index contributed by atoms with van der Waals surface area (Å²) in [5.41, 5.74) is -0.643. The van der Waals surface area contributed by atoms with Crippen molar-refractivity contribution >= 4 is 11.8 Å². The largest absolute Gasteiger partial charge is 0.481 e. The van der Waals surface area contributed by atoms with Crippen LogP contribution in [0.3, 0.4) is 0 Å². The van der Waals surface area contributed by atoms with Gasteiger partial charge in [-0.15, -0.1) is 0 Å². The van der Waals surface area contributed by atoms with Gasteiger partial charge in [-0.2, -0.15) is 5.26 Å². The minimum absolute atomic E-state index is 0.0344. The number of nitriles is 1. The molecule has 1 aromatic heterocycles. The van der Waals surface area contributed by atoms with Crippen molar-refractivity contribution in [3.63, 3.8) is 0 Å². The van der Waals surface area contributed by atoms with Crippen molar-refractivity contribution in [1.82, 2.24) is 9.55 Å². The van der Waals surface area contributed by atoms with E-state index in [-0.39, 0.29) is 35.7 Å². The number of aryl methyl sites for hydroxylation is 1. The lowest BCUT2D eigenvalue weighted by atomic mass is 9.94. The number of aliphatic carboxylic acids is 1. The van der Waals surface area contributed by atoms with Gasteiger partial charge in [0.25, 0.3) is 5.56 Å². The number of aromatic nitrogens is 2. The molecule has 0 unspecified atom stereocenters. The number of ketones is 1. The molecular formula is C22H23N3O5. The van der Waals surface area contributed by atoms with Gasteiger partial charge in [-0.25, -0.2) is 4.79 Å². The van der Waals surface area contributed by atoms with Crippen LogP contribution in [0.25, 0.3) is 0 Å². The zero-order valence-corrected chi connectivity index (χ0v) is 17.1. The van der Waals surface area contributed by atoms with E-state index in [4.69, 9.17) is 0 Å². The number of H-pyrrole nitrogens is 1. The summed E-state index contributed by atoms with van der Waals surface area (Å²) in [4.78, 5) is 52.3. The Labute approximate surface area is 172 Å². The Morgan fingerprint density at radius 1 is 1.27 bits per heavy atom. The van der Waals surface area contributed by atoms with Gasteiger partial charge in [0, 0.05) is 17.7 Å². The maximum atomic E-state index is 13.5. The number of carboxylic acids is 1. The molecule has 1 aliphatic rings. The fourth-order valence-corrected chi connectivity index (χ4v) is 3.86. The molecule has 0 radical (unpaired) electrons. The Morgan fingerprint density at radius 2 is 1.93 bits per heavy atom. The number of aromatic amines is 1. The van der Waals surface area contributed by atoms with E-state index >= 15 is 0 Å². The average Bonchev–Trinajstić information content (AvgIpc) is 3.40. The van der Waals surface area contributed by atoms with Crippen LogP contribution < -0.4 is 11.2 Å². The predicted molar refractivity (Wildman–Crippen MR) is 109 cm³/mol. The van der Waals surface area contributed by atoms with Crippen molar-refractivity contribution in [3.05, 3.63) is 67.0 Å². The summed E-state index contributed by atoms with van der Waals surface area (Å²) >= 11 is 0. The molecule has 3 rings (SSSR count). The van der Waals surface area contributed by atoms with Gasteiger partial charge in [-0.1, -0.05) is 13.8 Å². The first-order valence-electron chi connectivity index (χ1n) is 9.72. The van der Waals surface area contributed by atoms with E-state index in [2.05, 4.69) is 4.98 Å². The van der Waals surface area contributed by atoms with Crippen LogP contribution in [-0.4, -0.2) is 26.4 Å². The number of hydrogen-bond donors (Lipinski definition) is 2. The molecule has 0 amide bonds. The third kappa shape index (κ3) is 4.10. The Balaban J connectivity index is 2.24. The molecule has 1 heterocycles. The van der Waals surface area contributed by atoms with Crippen molar-refractivity contribution in [1.29, 1.82) is 5.26 Å². The molecule has 1 fully saturated rings. The lowest BCUT2D eigenvalue weighted by Crippen LogP contribution is -2.39. The van der Waals surface area contributed by atoms with Crippen molar-refractivity contribution < 1.29 is 14.7 Å². The van der Waals surface area contributed by atoms with Gasteiger partial charge in [0.05, 0.1) is 18.1 Å². The topological polar surface area (TPSA) is 133 Å². The van der Waals surface area contributed by atoms with E-state index in [0.29, 0.717) is 24.0 Å². The molecule has 2 aromatic rings. The summed E-state index contributed by atoms with van der Waals surface area (Å²) in [6.45, 7) is 5.28. The van der Waals surface area contributed by atoms with Crippen LogP contribution in [0.15, 0.2) is 27.8 Å². The molecule has 2 N–H and O–H groups in total. The van der Waals surface area contributed by atoms with Crippen LogP contribution in [0.5, 0.6) is 0 Å². The van der Waals surface area contributed by atoms with Gasteiger partial charge in [-0.3, -0.25) is 23.9 Å². The van der Waals surface area contributed by atoms with Crippen LogP contribution in [0.2, 0.25) is 0 Å². The van der Waals surface area contributed by atoms with Crippen molar-refractivity contribution in [2.24, 2.45) is 5.41 Å². The summed E-state index contributed by atoms with van der Waals surface area (Å²) in [5, 5.41) is 18.5. The van der Waals surface area contributed by atoms with Crippen molar-refractivity contribution in [2.45, 2.75) is 52.5 Å². The van der Waals surface area contributed by atoms with Gasteiger partial charge < -0.3 is 5.11 Å². The Hall–Kier alpha value is -3.47. The van der Waals surface area contributed by atoms with E-state index in [9.17, 15) is 29.5 Å². The minimum atomic E-state index is -0.973. The second kappa shape index (κ2) is 7.75.